The first-order valence-electron chi connectivity index (χ1n) is 12.6. The summed E-state index contributed by atoms with van der Waals surface area (Å²) in [6.45, 7) is 6.02. The summed E-state index contributed by atoms with van der Waals surface area (Å²) < 4.78 is 29.6. The molecule has 202 valence electrons. The Morgan fingerprint density at radius 3 is 2.24 bits per heavy atom. The van der Waals surface area contributed by atoms with Crippen LogP contribution in [0.2, 0.25) is 0 Å². The number of carbonyl (C=O) groups is 2. The summed E-state index contributed by atoms with van der Waals surface area (Å²) >= 11 is 2.15. The van der Waals surface area contributed by atoms with Crippen molar-refractivity contribution < 1.29 is 18.0 Å². The van der Waals surface area contributed by atoms with E-state index >= 15 is 0 Å². The molecule has 0 heterocycles. The summed E-state index contributed by atoms with van der Waals surface area (Å²) in [5, 5.41) is 2.90. The van der Waals surface area contributed by atoms with E-state index in [0.29, 0.717) is 18.7 Å². The van der Waals surface area contributed by atoms with Gasteiger partial charge in [-0.3, -0.25) is 13.9 Å². The number of sulfonamides is 1. The molecule has 0 spiro atoms. The predicted octanol–water partition coefficient (Wildman–Crippen LogP) is 5.13. The van der Waals surface area contributed by atoms with Crippen LogP contribution in [0.25, 0.3) is 0 Å². The number of nitrogens with one attached hydrogen (secondary N) is 1. The molecule has 0 saturated carbocycles. The Balaban J connectivity index is 2.03. The highest BCUT2D eigenvalue weighted by Gasteiger charge is 2.33. The van der Waals surface area contributed by atoms with Crippen molar-refractivity contribution in [3.63, 3.8) is 0 Å². The number of anilines is 1. The number of nitrogens with zero attached hydrogens (tertiary/aromatic N) is 2. The van der Waals surface area contributed by atoms with Gasteiger partial charge in [-0.15, -0.1) is 0 Å². The summed E-state index contributed by atoms with van der Waals surface area (Å²) in [6.07, 6.45) is 1.16. The van der Waals surface area contributed by atoms with Crippen LogP contribution in [0.15, 0.2) is 83.8 Å². The van der Waals surface area contributed by atoms with E-state index in [1.54, 1.807) is 42.5 Å². The Labute approximate surface area is 239 Å². The van der Waals surface area contributed by atoms with Gasteiger partial charge in [0, 0.05) is 16.7 Å². The number of benzene rings is 3. The zero-order valence-electron chi connectivity index (χ0n) is 21.9. The summed E-state index contributed by atoms with van der Waals surface area (Å²) in [5.41, 5.74) is 2.28. The van der Waals surface area contributed by atoms with E-state index in [0.717, 1.165) is 25.4 Å². The van der Waals surface area contributed by atoms with Crippen molar-refractivity contribution in [2.75, 3.05) is 17.4 Å². The first kappa shape index (κ1) is 29.6. The van der Waals surface area contributed by atoms with Gasteiger partial charge in [0.15, 0.2) is 0 Å². The zero-order chi connectivity index (χ0) is 27.7. The predicted molar refractivity (Wildman–Crippen MR) is 159 cm³/mol. The van der Waals surface area contributed by atoms with E-state index in [1.807, 2.05) is 45.0 Å². The molecule has 0 fully saturated rings. The third kappa shape index (κ3) is 7.57. The highest BCUT2D eigenvalue weighted by Crippen LogP contribution is 2.25. The number of amides is 2. The van der Waals surface area contributed by atoms with Gasteiger partial charge in [0.1, 0.15) is 12.6 Å². The van der Waals surface area contributed by atoms with Crippen LogP contribution in [0.5, 0.6) is 0 Å². The number of rotatable bonds is 12. The molecule has 0 aromatic heterocycles. The topological polar surface area (TPSA) is 86.8 Å². The molecule has 1 N–H and O–H groups in total. The molecule has 0 aliphatic heterocycles. The molecule has 0 saturated heterocycles. The maximum absolute atomic E-state index is 14.0. The van der Waals surface area contributed by atoms with Crippen molar-refractivity contribution in [2.24, 2.45) is 0 Å². The molecule has 3 rings (SSSR count). The molecule has 3 aromatic carbocycles. The second kappa shape index (κ2) is 13.7. The quantitative estimate of drug-likeness (QED) is 0.277. The smallest absolute Gasteiger partial charge is 0.264 e. The Bertz CT molecular complexity index is 1330. The Hall–Kier alpha value is -2.92. The van der Waals surface area contributed by atoms with Crippen LogP contribution in [0, 0.1) is 10.5 Å². The molecule has 3 aromatic rings. The second-order valence-electron chi connectivity index (χ2n) is 9.03. The molecule has 9 heteroatoms. The van der Waals surface area contributed by atoms with Crippen LogP contribution < -0.4 is 9.62 Å². The lowest BCUT2D eigenvalue weighted by atomic mass is 10.1. The maximum atomic E-state index is 14.0. The second-order valence-corrected chi connectivity index (χ2v) is 12.1. The molecule has 0 radical (unpaired) electrons. The van der Waals surface area contributed by atoms with E-state index in [2.05, 4.69) is 27.9 Å². The van der Waals surface area contributed by atoms with Crippen LogP contribution in [-0.4, -0.2) is 44.3 Å². The van der Waals surface area contributed by atoms with Crippen molar-refractivity contribution in [1.82, 2.24) is 10.2 Å². The van der Waals surface area contributed by atoms with E-state index in [9.17, 15) is 18.0 Å². The molecule has 0 unspecified atom stereocenters. The molecule has 7 nitrogen and oxygen atoms in total. The third-order valence-electron chi connectivity index (χ3n) is 6.10. The van der Waals surface area contributed by atoms with E-state index in [4.69, 9.17) is 0 Å². The number of halogens is 1. The fourth-order valence-electron chi connectivity index (χ4n) is 4.15. The van der Waals surface area contributed by atoms with Crippen molar-refractivity contribution in [3.8, 4) is 0 Å². The molecule has 1 atom stereocenters. The lowest BCUT2D eigenvalue weighted by Gasteiger charge is -2.33. The van der Waals surface area contributed by atoms with Crippen LogP contribution in [0.1, 0.15) is 37.8 Å². The molecular formula is C29H34IN3O4S. The summed E-state index contributed by atoms with van der Waals surface area (Å²) in [6, 6.07) is 22.0. The van der Waals surface area contributed by atoms with E-state index < -0.39 is 28.5 Å². The number of aryl methyl sites for hydroxylation is 1. The van der Waals surface area contributed by atoms with Gasteiger partial charge in [-0.1, -0.05) is 61.9 Å². The Morgan fingerprint density at radius 1 is 0.947 bits per heavy atom. The van der Waals surface area contributed by atoms with Gasteiger partial charge in [-0.25, -0.2) is 8.42 Å². The minimum Gasteiger partial charge on any atom is -0.354 e. The number of hydrogen-bond acceptors (Lipinski definition) is 4. The largest absolute Gasteiger partial charge is 0.354 e. The van der Waals surface area contributed by atoms with Gasteiger partial charge in [-0.2, -0.15) is 0 Å². The minimum absolute atomic E-state index is 0.0873. The first-order chi connectivity index (χ1) is 18.2. The lowest BCUT2D eigenvalue weighted by Crippen LogP contribution is -2.52. The average molecular weight is 648 g/mol. The first-order valence-corrected chi connectivity index (χ1v) is 15.1. The third-order valence-corrected chi connectivity index (χ3v) is 8.60. The van der Waals surface area contributed by atoms with Crippen molar-refractivity contribution in [3.05, 3.63) is 93.6 Å². The molecular weight excluding hydrogens is 613 g/mol. The summed E-state index contributed by atoms with van der Waals surface area (Å²) in [4.78, 5) is 28.7. The standard InChI is InChI=1S/C29H34IN3O4S/c1-4-18-31-29(35)27(5-2)32(20-23-11-9-10-22(3)19-23)28(34)21-33(25-16-14-24(30)15-17-25)38(36,37)26-12-7-6-8-13-26/h6-17,19,27H,4-5,18,20-21H2,1-3H3,(H,31,35)/t27-/m1/s1. The Morgan fingerprint density at radius 2 is 1.63 bits per heavy atom. The van der Waals surface area contributed by atoms with Crippen molar-refractivity contribution in [2.45, 2.75) is 51.1 Å². The zero-order valence-corrected chi connectivity index (χ0v) is 24.9. The van der Waals surface area contributed by atoms with Crippen LogP contribution >= 0.6 is 22.6 Å². The van der Waals surface area contributed by atoms with Crippen LogP contribution in [-0.2, 0) is 26.2 Å². The normalized spacial score (nSPS) is 12.0. The maximum Gasteiger partial charge on any atom is 0.264 e. The van der Waals surface area contributed by atoms with Crippen LogP contribution in [0.3, 0.4) is 0 Å². The number of carbonyl (C=O) groups excluding carboxylic acids is 2. The molecule has 0 bridgehead atoms. The van der Waals surface area contributed by atoms with Crippen molar-refractivity contribution in [1.29, 1.82) is 0 Å². The highest BCUT2D eigenvalue weighted by atomic mass is 127. The van der Waals surface area contributed by atoms with E-state index in [1.165, 1.54) is 17.0 Å². The number of hydrogen-bond donors (Lipinski definition) is 1. The fraction of sp³-hybridized carbons (Fsp3) is 0.310. The molecule has 38 heavy (non-hydrogen) atoms. The van der Waals surface area contributed by atoms with Gasteiger partial charge >= 0.3 is 0 Å². The highest BCUT2D eigenvalue weighted by molar-refractivity contribution is 14.1. The van der Waals surface area contributed by atoms with Gasteiger partial charge in [-0.05, 0) is 84.3 Å². The fourth-order valence-corrected chi connectivity index (χ4v) is 5.94. The van der Waals surface area contributed by atoms with Crippen LogP contribution in [0.4, 0.5) is 5.69 Å². The summed E-state index contributed by atoms with van der Waals surface area (Å²) in [5.74, 6) is -0.704. The minimum atomic E-state index is -4.06. The van der Waals surface area contributed by atoms with E-state index in [-0.39, 0.29) is 17.3 Å². The molecule has 2 amide bonds. The SMILES string of the molecule is CCCNC(=O)[C@@H](CC)N(Cc1cccc(C)c1)C(=O)CN(c1ccc(I)cc1)S(=O)(=O)c1ccccc1. The van der Waals surface area contributed by atoms with Crippen molar-refractivity contribution >= 4 is 50.1 Å². The van der Waals surface area contributed by atoms with Gasteiger partial charge in [0.2, 0.25) is 11.8 Å². The van der Waals surface area contributed by atoms with Gasteiger partial charge in [0.25, 0.3) is 10.0 Å². The van der Waals surface area contributed by atoms with Gasteiger partial charge in [0.05, 0.1) is 10.6 Å². The lowest BCUT2D eigenvalue weighted by molar-refractivity contribution is -0.140. The Kier molecular flexibility index (Phi) is 10.7. The van der Waals surface area contributed by atoms with Gasteiger partial charge < -0.3 is 10.2 Å². The monoisotopic (exact) mass is 647 g/mol. The summed E-state index contributed by atoms with van der Waals surface area (Å²) in [7, 11) is -4.06. The average Bonchev–Trinajstić information content (AvgIpc) is 2.91. The molecule has 0 aliphatic rings. The molecule has 0 aliphatic carbocycles.